The van der Waals surface area contributed by atoms with E-state index in [0.717, 1.165) is 6.07 Å². The maximum absolute atomic E-state index is 13.1. The van der Waals surface area contributed by atoms with Gasteiger partial charge in [-0.15, -0.1) is 0 Å². The summed E-state index contributed by atoms with van der Waals surface area (Å²) >= 11 is 0. The second-order valence-corrected chi connectivity index (χ2v) is 4.23. The first-order valence-corrected chi connectivity index (χ1v) is 6.13. The molecule has 0 spiro atoms. The highest BCUT2D eigenvalue weighted by Crippen LogP contribution is 2.33. The third-order valence-corrected chi connectivity index (χ3v) is 2.57. The van der Waals surface area contributed by atoms with Crippen molar-refractivity contribution in [2.45, 2.75) is 6.18 Å². The zero-order chi connectivity index (χ0) is 17.0. The highest BCUT2D eigenvalue weighted by Gasteiger charge is 2.34. The van der Waals surface area contributed by atoms with E-state index in [9.17, 15) is 27.2 Å². The predicted octanol–water partition coefficient (Wildman–Crippen LogP) is 3.36. The molecule has 0 heterocycles. The Morgan fingerprint density at radius 1 is 0.826 bits per heavy atom. The Morgan fingerprint density at radius 3 is 1.96 bits per heavy atom. The maximum Gasteiger partial charge on any atom is 0.423 e. The third kappa shape index (κ3) is 4.29. The molecule has 0 aromatic heterocycles. The molecule has 0 N–H and O–H groups in total. The van der Waals surface area contributed by atoms with Gasteiger partial charge in [0.1, 0.15) is 17.3 Å². The van der Waals surface area contributed by atoms with E-state index < -0.39 is 35.2 Å². The fourth-order valence-corrected chi connectivity index (χ4v) is 1.57. The van der Waals surface area contributed by atoms with E-state index in [1.165, 1.54) is 12.1 Å². The standard InChI is InChI=1S/C15H8F4O4/c16-12-7-6-10(8-11(12)15(17,18)19)23-14(21)13(20)22-9-4-2-1-3-5-9/h1-8H. The van der Waals surface area contributed by atoms with Gasteiger partial charge in [0.25, 0.3) is 0 Å². The molecule has 2 aromatic carbocycles. The summed E-state index contributed by atoms with van der Waals surface area (Å²) in [6.07, 6.45) is -4.96. The largest absolute Gasteiger partial charge is 0.423 e. The number of hydrogen-bond acceptors (Lipinski definition) is 4. The number of carbonyl (C=O) groups excluding carboxylic acids is 2. The summed E-state index contributed by atoms with van der Waals surface area (Å²) in [7, 11) is 0. The number of alkyl halides is 3. The van der Waals surface area contributed by atoms with Crippen molar-refractivity contribution in [2.24, 2.45) is 0 Å². The summed E-state index contributed by atoms with van der Waals surface area (Å²) in [5, 5.41) is 0. The monoisotopic (exact) mass is 328 g/mol. The molecule has 0 aliphatic heterocycles. The number of rotatable bonds is 2. The van der Waals surface area contributed by atoms with Gasteiger partial charge in [0.05, 0.1) is 5.56 Å². The minimum atomic E-state index is -4.96. The van der Waals surface area contributed by atoms with Crippen molar-refractivity contribution in [1.29, 1.82) is 0 Å². The van der Waals surface area contributed by atoms with E-state index in [1.807, 2.05) is 0 Å². The van der Waals surface area contributed by atoms with Gasteiger partial charge < -0.3 is 9.47 Å². The van der Waals surface area contributed by atoms with Crippen LogP contribution in [0.4, 0.5) is 17.6 Å². The zero-order valence-corrected chi connectivity index (χ0v) is 11.3. The van der Waals surface area contributed by atoms with Gasteiger partial charge >= 0.3 is 18.1 Å². The Labute approximate surface area is 127 Å². The normalized spacial score (nSPS) is 11.0. The Bertz CT molecular complexity index is 726. The summed E-state index contributed by atoms with van der Waals surface area (Å²) < 4.78 is 59.8. The second kappa shape index (κ2) is 6.47. The number of para-hydroxylation sites is 1. The lowest BCUT2D eigenvalue weighted by atomic mass is 10.2. The second-order valence-electron chi connectivity index (χ2n) is 4.23. The first-order valence-electron chi connectivity index (χ1n) is 6.13. The van der Waals surface area contributed by atoms with Crippen LogP contribution in [0.25, 0.3) is 0 Å². The molecule has 2 rings (SSSR count). The van der Waals surface area contributed by atoms with Crippen LogP contribution in [0.3, 0.4) is 0 Å². The van der Waals surface area contributed by atoms with Gasteiger partial charge in [0.15, 0.2) is 0 Å². The Hall–Kier alpha value is -2.90. The van der Waals surface area contributed by atoms with Gasteiger partial charge in [-0.2, -0.15) is 13.2 Å². The van der Waals surface area contributed by atoms with Crippen LogP contribution >= 0.6 is 0 Å². The quantitative estimate of drug-likeness (QED) is 0.367. The minimum absolute atomic E-state index is 0.0598. The van der Waals surface area contributed by atoms with Gasteiger partial charge in [-0.3, -0.25) is 0 Å². The van der Waals surface area contributed by atoms with Crippen LogP contribution in [0.5, 0.6) is 11.5 Å². The summed E-state index contributed by atoms with van der Waals surface area (Å²) in [6, 6.07) is 9.07. The Balaban J connectivity index is 2.10. The number of carbonyl (C=O) groups is 2. The van der Waals surface area contributed by atoms with Gasteiger partial charge in [0, 0.05) is 0 Å². The molecule has 0 radical (unpaired) electrons. The Kier molecular flexibility index (Phi) is 4.63. The molecule has 120 valence electrons. The number of ether oxygens (including phenoxy) is 2. The molecule has 23 heavy (non-hydrogen) atoms. The van der Waals surface area contributed by atoms with E-state index in [-0.39, 0.29) is 11.8 Å². The molecule has 0 saturated heterocycles. The summed E-state index contributed by atoms with van der Waals surface area (Å²) in [6.45, 7) is 0. The van der Waals surface area contributed by atoms with Crippen molar-refractivity contribution in [3.63, 3.8) is 0 Å². The molecule has 0 unspecified atom stereocenters. The molecule has 0 bridgehead atoms. The molecule has 0 atom stereocenters. The van der Waals surface area contributed by atoms with Crippen molar-refractivity contribution in [3.8, 4) is 11.5 Å². The molecule has 0 aliphatic rings. The lowest BCUT2D eigenvalue weighted by Crippen LogP contribution is -2.25. The molecule has 4 nitrogen and oxygen atoms in total. The Morgan fingerprint density at radius 2 is 1.39 bits per heavy atom. The first-order chi connectivity index (χ1) is 10.8. The van der Waals surface area contributed by atoms with Gasteiger partial charge in [-0.05, 0) is 30.3 Å². The van der Waals surface area contributed by atoms with E-state index in [0.29, 0.717) is 6.07 Å². The molecule has 0 fully saturated rings. The van der Waals surface area contributed by atoms with Gasteiger partial charge in [0.2, 0.25) is 0 Å². The number of hydrogen-bond donors (Lipinski definition) is 0. The highest BCUT2D eigenvalue weighted by atomic mass is 19.4. The number of benzene rings is 2. The van der Waals surface area contributed by atoms with Crippen LogP contribution in [-0.4, -0.2) is 11.9 Å². The van der Waals surface area contributed by atoms with Crippen LogP contribution in [0.2, 0.25) is 0 Å². The highest BCUT2D eigenvalue weighted by molar-refractivity contribution is 6.31. The van der Waals surface area contributed by atoms with Crippen molar-refractivity contribution in [2.75, 3.05) is 0 Å². The van der Waals surface area contributed by atoms with Crippen LogP contribution in [0, 0.1) is 5.82 Å². The summed E-state index contributed by atoms with van der Waals surface area (Å²) in [4.78, 5) is 23.0. The minimum Gasteiger partial charge on any atom is -0.418 e. The molecule has 0 saturated carbocycles. The molecular weight excluding hydrogens is 320 g/mol. The fourth-order valence-electron chi connectivity index (χ4n) is 1.57. The van der Waals surface area contributed by atoms with Crippen molar-refractivity contribution in [1.82, 2.24) is 0 Å². The van der Waals surface area contributed by atoms with E-state index >= 15 is 0 Å². The van der Waals surface area contributed by atoms with Crippen molar-refractivity contribution in [3.05, 3.63) is 59.9 Å². The lowest BCUT2D eigenvalue weighted by Gasteiger charge is -2.10. The molecule has 2 aromatic rings. The van der Waals surface area contributed by atoms with E-state index in [2.05, 4.69) is 9.47 Å². The van der Waals surface area contributed by atoms with E-state index in [4.69, 9.17) is 0 Å². The lowest BCUT2D eigenvalue weighted by molar-refractivity contribution is -0.156. The summed E-state index contributed by atoms with van der Waals surface area (Å²) in [5.74, 6) is -5.05. The van der Waals surface area contributed by atoms with Crippen LogP contribution in [0.15, 0.2) is 48.5 Å². The fraction of sp³-hybridized carbons (Fsp3) is 0.0667. The number of esters is 2. The van der Waals surface area contributed by atoms with Crippen molar-refractivity contribution >= 4 is 11.9 Å². The van der Waals surface area contributed by atoms with Crippen LogP contribution in [-0.2, 0) is 15.8 Å². The average molecular weight is 328 g/mol. The molecular formula is C15H8F4O4. The molecule has 8 heteroatoms. The zero-order valence-electron chi connectivity index (χ0n) is 11.3. The smallest absolute Gasteiger partial charge is 0.418 e. The third-order valence-electron chi connectivity index (χ3n) is 2.57. The predicted molar refractivity (Wildman–Crippen MR) is 69.1 cm³/mol. The maximum atomic E-state index is 13.1. The molecule has 0 aliphatic carbocycles. The number of halogens is 4. The van der Waals surface area contributed by atoms with Gasteiger partial charge in [-0.25, -0.2) is 14.0 Å². The van der Waals surface area contributed by atoms with Crippen molar-refractivity contribution < 1.29 is 36.6 Å². The molecule has 0 amide bonds. The SMILES string of the molecule is O=C(Oc1ccccc1)C(=O)Oc1ccc(F)c(C(F)(F)F)c1. The average Bonchev–Trinajstić information content (AvgIpc) is 2.49. The van der Waals surface area contributed by atoms with Crippen LogP contribution < -0.4 is 9.47 Å². The van der Waals surface area contributed by atoms with E-state index in [1.54, 1.807) is 18.2 Å². The summed E-state index contributed by atoms with van der Waals surface area (Å²) in [5.41, 5.74) is -1.61. The van der Waals surface area contributed by atoms with Gasteiger partial charge in [-0.1, -0.05) is 18.2 Å². The first kappa shape index (κ1) is 16.5. The topological polar surface area (TPSA) is 52.6 Å². The van der Waals surface area contributed by atoms with Crippen LogP contribution in [0.1, 0.15) is 5.56 Å².